The molecule has 0 aliphatic carbocycles. The smallest absolute Gasteiger partial charge is 0.191 e. The first-order chi connectivity index (χ1) is 12.1. The summed E-state index contributed by atoms with van der Waals surface area (Å²) in [6, 6.07) is 0.722. The van der Waals surface area contributed by atoms with Crippen LogP contribution in [0.1, 0.15) is 44.3 Å². The van der Waals surface area contributed by atoms with Crippen molar-refractivity contribution >= 4 is 5.96 Å². The summed E-state index contributed by atoms with van der Waals surface area (Å²) in [5.74, 6) is 2.56. The highest BCUT2D eigenvalue weighted by Crippen LogP contribution is 2.15. The number of hydrogen-bond acceptors (Lipinski definition) is 4. The molecular weight excluding hydrogens is 314 g/mol. The van der Waals surface area contributed by atoms with E-state index in [1.54, 1.807) is 0 Å². The van der Waals surface area contributed by atoms with Crippen molar-refractivity contribution in [3.63, 3.8) is 0 Å². The van der Waals surface area contributed by atoms with Crippen molar-refractivity contribution in [2.24, 2.45) is 12.0 Å². The number of rotatable bonds is 8. The number of piperidine rings is 1. The quantitative estimate of drug-likeness (QED) is 0.324. The fraction of sp³-hybridized carbons (Fsp3) is 0.722. The molecule has 0 spiro atoms. The lowest BCUT2D eigenvalue weighted by molar-refractivity contribution is 0.159. The zero-order valence-corrected chi connectivity index (χ0v) is 16.0. The minimum Gasteiger partial charge on any atom is -0.356 e. The van der Waals surface area contributed by atoms with E-state index < -0.39 is 0 Å². The molecule has 140 valence electrons. The van der Waals surface area contributed by atoms with Crippen molar-refractivity contribution in [2.75, 3.05) is 26.2 Å². The molecule has 0 bridgehead atoms. The number of guanidine groups is 1. The third-order valence-electron chi connectivity index (χ3n) is 4.83. The first-order valence-corrected chi connectivity index (χ1v) is 9.33. The Bertz CT molecular complexity index is 564. The van der Waals surface area contributed by atoms with Crippen molar-refractivity contribution in [1.82, 2.24) is 30.3 Å². The van der Waals surface area contributed by atoms with Crippen LogP contribution in [-0.4, -0.2) is 57.8 Å². The summed E-state index contributed by atoms with van der Waals surface area (Å²) >= 11 is 0. The van der Waals surface area contributed by atoms with E-state index in [2.05, 4.69) is 44.2 Å². The lowest BCUT2D eigenvalue weighted by atomic mass is 10.0. The van der Waals surface area contributed by atoms with Gasteiger partial charge in [-0.1, -0.05) is 12.5 Å². The molecule has 1 aromatic rings. The molecule has 1 atom stereocenters. The second kappa shape index (κ2) is 10.2. The van der Waals surface area contributed by atoms with Crippen LogP contribution in [0.3, 0.4) is 0 Å². The van der Waals surface area contributed by atoms with Gasteiger partial charge >= 0.3 is 0 Å². The molecule has 7 heteroatoms. The highest BCUT2D eigenvalue weighted by atomic mass is 15.3. The minimum atomic E-state index is 0.507. The van der Waals surface area contributed by atoms with Gasteiger partial charge in [0.05, 0.1) is 0 Å². The van der Waals surface area contributed by atoms with Crippen molar-refractivity contribution in [2.45, 2.75) is 52.1 Å². The standard InChI is InChI=1S/C18H33N7/c1-5-10-19-18(21-14-17-23-22-16(3)24(17)4)20-11-8-13-25-12-7-6-9-15(25)2/h5,15H,1,6-14H2,2-4H3,(H2,19,20,21). The molecule has 1 saturated heterocycles. The van der Waals surface area contributed by atoms with Crippen LogP contribution in [0, 0.1) is 6.92 Å². The van der Waals surface area contributed by atoms with Crippen molar-refractivity contribution < 1.29 is 0 Å². The number of hydrogen-bond donors (Lipinski definition) is 2. The maximum absolute atomic E-state index is 4.61. The van der Waals surface area contributed by atoms with E-state index in [9.17, 15) is 0 Å². The molecule has 1 unspecified atom stereocenters. The van der Waals surface area contributed by atoms with Crippen LogP contribution >= 0.6 is 0 Å². The van der Waals surface area contributed by atoms with Gasteiger partial charge in [-0.15, -0.1) is 16.8 Å². The zero-order chi connectivity index (χ0) is 18.1. The Morgan fingerprint density at radius 3 is 2.88 bits per heavy atom. The van der Waals surface area contributed by atoms with E-state index in [-0.39, 0.29) is 0 Å². The number of aryl methyl sites for hydroxylation is 1. The number of likely N-dealkylation sites (tertiary alicyclic amines) is 1. The first-order valence-electron chi connectivity index (χ1n) is 9.33. The molecule has 1 aromatic heterocycles. The number of nitrogens with one attached hydrogen (secondary N) is 2. The summed E-state index contributed by atoms with van der Waals surface area (Å²) in [4.78, 5) is 7.21. The maximum Gasteiger partial charge on any atom is 0.191 e. The molecule has 1 aliphatic heterocycles. The molecule has 2 rings (SSSR count). The second-order valence-electron chi connectivity index (χ2n) is 6.72. The van der Waals surface area contributed by atoms with Crippen LogP contribution in [0.25, 0.3) is 0 Å². The van der Waals surface area contributed by atoms with E-state index in [1.807, 2.05) is 24.6 Å². The largest absolute Gasteiger partial charge is 0.356 e. The van der Waals surface area contributed by atoms with Gasteiger partial charge in [0.15, 0.2) is 11.8 Å². The molecule has 2 N–H and O–H groups in total. The maximum atomic E-state index is 4.61. The average Bonchev–Trinajstić information content (AvgIpc) is 2.93. The fourth-order valence-corrected chi connectivity index (χ4v) is 3.06. The van der Waals surface area contributed by atoms with Gasteiger partial charge in [0.25, 0.3) is 0 Å². The molecule has 0 saturated carbocycles. The van der Waals surface area contributed by atoms with Crippen LogP contribution in [0.15, 0.2) is 17.6 Å². The van der Waals surface area contributed by atoms with Gasteiger partial charge in [0.1, 0.15) is 12.4 Å². The van der Waals surface area contributed by atoms with Gasteiger partial charge in [0.2, 0.25) is 0 Å². The predicted octanol–water partition coefficient (Wildman–Crippen LogP) is 1.61. The summed E-state index contributed by atoms with van der Waals surface area (Å²) in [7, 11) is 1.96. The molecule has 0 radical (unpaired) electrons. The van der Waals surface area contributed by atoms with Crippen LogP contribution in [-0.2, 0) is 13.6 Å². The molecule has 7 nitrogen and oxygen atoms in total. The van der Waals surface area contributed by atoms with Gasteiger partial charge in [-0.25, -0.2) is 4.99 Å². The monoisotopic (exact) mass is 347 g/mol. The van der Waals surface area contributed by atoms with Crippen LogP contribution in [0.2, 0.25) is 0 Å². The third-order valence-corrected chi connectivity index (χ3v) is 4.83. The summed E-state index contributed by atoms with van der Waals surface area (Å²) < 4.78 is 1.96. The van der Waals surface area contributed by atoms with Crippen LogP contribution < -0.4 is 10.6 Å². The number of aromatic nitrogens is 3. The van der Waals surface area contributed by atoms with Gasteiger partial charge in [-0.2, -0.15) is 0 Å². The minimum absolute atomic E-state index is 0.507. The number of aliphatic imine (C=N–C) groups is 1. The molecular formula is C18H33N7. The van der Waals surface area contributed by atoms with Gasteiger partial charge in [-0.3, -0.25) is 0 Å². The highest BCUT2D eigenvalue weighted by molar-refractivity contribution is 5.79. The second-order valence-corrected chi connectivity index (χ2v) is 6.72. The topological polar surface area (TPSA) is 70.4 Å². The average molecular weight is 348 g/mol. The van der Waals surface area contributed by atoms with Gasteiger partial charge in [-0.05, 0) is 39.7 Å². The Kier molecular flexibility index (Phi) is 7.91. The highest BCUT2D eigenvalue weighted by Gasteiger charge is 2.17. The van der Waals surface area contributed by atoms with Gasteiger partial charge in [0, 0.05) is 32.7 Å². The molecule has 0 amide bonds. The first kappa shape index (κ1) is 19.4. The van der Waals surface area contributed by atoms with E-state index in [1.165, 1.54) is 25.8 Å². The Morgan fingerprint density at radius 1 is 1.36 bits per heavy atom. The van der Waals surface area contributed by atoms with Crippen LogP contribution in [0.4, 0.5) is 0 Å². The number of nitrogens with zero attached hydrogens (tertiary/aromatic N) is 5. The summed E-state index contributed by atoms with van der Waals surface area (Å²) in [5.41, 5.74) is 0. The summed E-state index contributed by atoms with van der Waals surface area (Å²) in [6.07, 6.45) is 6.99. The van der Waals surface area contributed by atoms with E-state index in [0.29, 0.717) is 13.1 Å². The van der Waals surface area contributed by atoms with Crippen molar-refractivity contribution in [1.29, 1.82) is 0 Å². The molecule has 1 aliphatic rings. The molecule has 0 aromatic carbocycles. The summed E-state index contributed by atoms with van der Waals surface area (Å²) in [5, 5.41) is 14.9. The van der Waals surface area contributed by atoms with E-state index >= 15 is 0 Å². The lowest BCUT2D eigenvalue weighted by Gasteiger charge is -2.33. The molecule has 1 fully saturated rings. The fourth-order valence-electron chi connectivity index (χ4n) is 3.06. The SMILES string of the molecule is C=CCNC(=NCc1nnc(C)n1C)NCCCN1CCCCC1C. The Morgan fingerprint density at radius 2 is 2.20 bits per heavy atom. The Labute approximate surface area is 151 Å². The van der Waals surface area contributed by atoms with E-state index in [0.717, 1.165) is 43.2 Å². The van der Waals surface area contributed by atoms with E-state index in [4.69, 9.17) is 0 Å². The van der Waals surface area contributed by atoms with Crippen molar-refractivity contribution in [3.8, 4) is 0 Å². The summed E-state index contributed by atoms with van der Waals surface area (Å²) in [6.45, 7) is 12.5. The lowest BCUT2D eigenvalue weighted by Crippen LogP contribution is -2.41. The normalized spacial score (nSPS) is 19.0. The third kappa shape index (κ3) is 6.16. The van der Waals surface area contributed by atoms with Gasteiger partial charge < -0.3 is 20.1 Å². The van der Waals surface area contributed by atoms with Crippen LogP contribution in [0.5, 0.6) is 0 Å². The van der Waals surface area contributed by atoms with Crippen molar-refractivity contribution in [3.05, 3.63) is 24.3 Å². The zero-order valence-electron chi connectivity index (χ0n) is 16.0. The predicted molar refractivity (Wildman–Crippen MR) is 103 cm³/mol. The Hall–Kier alpha value is -1.89. The Balaban J connectivity index is 1.79. The molecule has 25 heavy (non-hydrogen) atoms. The molecule has 2 heterocycles.